The zero-order chi connectivity index (χ0) is 99.2. The molecule has 3 amide bonds. The minimum Gasteiger partial charge on any atom is -0.506 e. The summed E-state index contributed by atoms with van der Waals surface area (Å²) in [5, 5.41) is 74.5. The number of anilines is 6. The molecule has 14 fully saturated rings. The van der Waals surface area contributed by atoms with E-state index in [1.165, 1.54) is 92.5 Å². The molecule has 20 rings (SSSR count). The summed E-state index contributed by atoms with van der Waals surface area (Å²) in [4.78, 5) is 69.1. The summed E-state index contributed by atoms with van der Waals surface area (Å²) in [6.07, 6.45) is 8.32. The number of nitrogens with one attached hydrogen (secondary N) is 14. The standard InChI is InChI=1S/C12H18N2.C11H13N3.C10H13N3O2.C10H14N2O.C10H14N2.C9H13N3.C8H14N2O.2C6H12N2O.C5H12N2.C5H11N.C4H9NO.C4H9NS.C4H11N.4CH4/c1-10-7-11(2)9-12(8-10)14-5-3-13-4-6-14;12-9-10-3-1-2-4-11(10)14-7-5-13-6-8-14;14-13(15)10-3-1-9(2-4-10)12-7-5-11-6-8-12;13-10-4-2-1-3-9(10)12-7-5-11-6-8-12;1-2-4-10(5-3-1)12-8-6-11-7-9-12;1-2-4-11-9(3-1)12-7-5-10-6-8-12;11-8(7-1-2-7)10-5-3-9-4-6-10;2*1-6(9)8-4-2-7-3-5-8;1-7-4-2-6-3-5-7;1-2-4-6-5-3-1;2*1-3-6-4-2-5-1;1-4(2)5-3;;;;/h7-9,13H,3-6H2,1-2H3;1-4,13H,5-8H2;1-4,11H,5-8H2;1-4,11,13H,5-8H2;1-5,11H,6-9H2;1-4,10H,5-8H2;7,9H,1-6H2;2*7H,2-5H2,1H3;6H,2-5H2,1H3;6H,1-5H2;2*5H,1-4H2;4-5H,1-3H3;4*1H4. The number of piperazine rings is 10. The number of nitro benzene ring substituents is 1. The number of non-ortho nitro benzene ring substituents is 1. The van der Waals surface area contributed by atoms with Crippen molar-refractivity contribution in [2.75, 3.05) is 369 Å². The van der Waals surface area contributed by atoms with Gasteiger partial charge in [0.1, 0.15) is 17.6 Å². The maximum Gasteiger partial charge on any atom is 0.269 e. The van der Waals surface area contributed by atoms with Gasteiger partial charge >= 0.3 is 0 Å². The highest BCUT2D eigenvalue weighted by Crippen LogP contribution is 2.31. The highest BCUT2D eigenvalue weighted by atomic mass is 32.2. The van der Waals surface area contributed by atoms with Crippen molar-refractivity contribution >= 4 is 69.4 Å². The molecular formula is C108H191N27O7S. The molecule has 35 heteroatoms. The van der Waals surface area contributed by atoms with Gasteiger partial charge in [0, 0.05) is 361 Å². The maximum absolute atomic E-state index is 11.5. The largest absolute Gasteiger partial charge is 0.506 e. The van der Waals surface area contributed by atoms with E-state index in [0.717, 1.165) is 316 Å². The molecule has 1 aliphatic carbocycles. The van der Waals surface area contributed by atoms with Crippen molar-refractivity contribution in [2.24, 2.45) is 5.92 Å². The highest BCUT2D eigenvalue weighted by molar-refractivity contribution is 7.99. The van der Waals surface area contributed by atoms with Crippen molar-refractivity contribution in [1.82, 2.24) is 99.0 Å². The Balaban J connectivity index is 0.000000399. The van der Waals surface area contributed by atoms with E-state index in [-0.39, 0.29) is 52.1 Å². The van der Waals surface area contributed by atoms with Gasteiger partial charge in [-0.15, -0.1) is 0 Å². The molecule has 806 valence electrons. The number of thioether (sulfide) groups is 1. The van der Waals surface area contributed by atoms with Gasteiger partial charge in [-0.3, -0.25) is 24.5 Å². The number of hydrogen-bond donors (Lipinski definition) is 15. The fourth-order valence-electron chi connectivity index (χ4n) is 16.2. The molecule has 13 aliphatic heterocycles. The first-order chi connectivity index (χ1) is 67.9. The van der Waals surface area contributed by atoms with Crippen LogP contribution in [0.3, 0.4) is 0 Å². The Morgan fingerprint density at radius 1 is 0.427 bits per heavy atom. The number of aryl methyl sites for hydroxylation is 2. The Bertz CT molecular complexity index is 3990. The van der Waals surface area contributed by atoms with Crippen LogP contribution in [0.5, 0.6) is 5.75 Å². The number of ether oxygens (including phenoxy) is 1. The Hall–Kier alpha value is -9.14. The molecule has 1 saturated carbocycles. The molecule has 0 radical (unpaired) electrons. The molecule has 143 heavy (non-hydrogen) atoms. The zero-order valence-electron chi connectivity index (χ0n) is 85.5. The number of benzene rings is 5. The molecule has 0 spiro atoms. The summed E-state index contributed by atoms with van der Waals surface area (Å²) in [7, 11) is 4.10. The van der Waals surface area contributed by atoms with Crippen LogP contribution < -0.4 is 104 Å². The van der Waals surface area contributed by atoms with Crippen LogP contribution in [0.25, 0.3) is 0 Å². The van der Waals surface area contributed by atoms with Crippen LogP contribution in [0.15, 0.2) is 146 Å². The van der Waals surface area contributed by atoms with E-state index >= 15 is 0 Å². The minimum atomic E-state index is -0.373. The summed E-state index contributed by atoms with van der Waals surface area (Å²) in [5.41, 5.74) is 9.44. The predicted molar refractivity (Wildman–Crippen MR) is 604 cm³/mol. The fourth-order valence-corrected chi connectivity index (χ4v) is 17.0. The molecule has 1 aromatic heterocycles. The molecule has 0 atom stereocenters. The van der Waals surface area contributed by atoms with Gasteiger partial charge < -0.3 is 133 Å². The number of para-hydroxylation sites is 4. The molecule has 34 nitrogen and oxygen atoms in total. The van der Waals surface area contributed by atoms with Gasteiger partial charge in [0.15, 0.2) is 0 Å². The monoisotopic (exact) mass is 2010 g/mol. The molecule has 5 aromatic carbocycles. The van der Waals surface area contributed by atoms with Crippen molar-refractivity contribution in [1.29, 1.82) is 5.26 Å². The molecule has 15 N–H and O–H groups in total. The summed E-state index contributed by atoms with van der Waals surface area (Å²) in [6.45, 7) is 61.3. The van der Waals surface area contributed by atoms with Crippen molar-refractivity contribution in [3.05, 3.63) is 173 Å². The third-order valence-electron chi connectivity index (χ3n) is 24.7. The number of morpholine rings is 1. The third-order valence-corrected chi connectivity index (χ3v) is 25.7. The fraction of sp³-hybridized carbons (Fsp3) is 0.639. The highest BCUT2D eigenvalue weighted by Gasteiger charge is 2.34. The minimum absolute atomic E-state index is 0. The Labute approximate surface area is 866 Å². The SMILES string of the molecule is C.C.C.C.C1CCNCC1.C1COCCN1.C1CSCCN1.CC(=O)N1CCNCC1.CC(=O)N1CCNCC1.CN1CCNCC1.CNC(C)C.Cc1cc(C)cc(N2CCNCC2)c1.N#Cc1ccccc1N1CCNCC1.O=C(C1CC1)N1CCNCC1.O=[N+]([O-])c1ccc(N2CCNCC2)cc1.Oc1ccccc1N1CCNCC1.c1ccc(N2CCNCC2)cc1.c1ccc(N2CCNCC2)nc1. The van der Waals surface area contributed by atoms with Crippen LogP contribution in [0, 0.1) is 41.2 Å². The Morgan fingerprint density at radius 2 is 0.776 bits per heavy atom. The lowest BCUT2D eigenvalue weighted by Gasteiger charge is -2.30. The number of aromatic nitrogens is 1. The van der Waals surface area contributed by atoms with Crippen LogP contribution in [0.2, 0.25) is 0 Å². The number of phenolic OH excluding ortho intramolecular Hbond substituents is 1. The number of rotatable bonds is 9. The van der Waals surface area contributed by atoms with Crippen molar-refractivity contribution in [2.45, 2.75) is 109 Å². The smallest absolute Gasteiger partial charge is 0.269 e. The molecule has 0 unspecified atom stereocenters. The Morgan fingerprint density at radius 3 is 1.10 bits per heavy atom. The second-order valence-corrected chi connectivity index (χ2v) is 37.3. The predicted octanol–water partition coefficient (Wildman–Crippen LogP) is 8.15. The van der Waals surface area contributed by atoms with Crippen molar-refractivity contribution in [3.63, 3.8) is 0 Å². The van der Waals surface area contributed by atoms with Crippen molar-refractivity contribution in [3.8, 4) is 11.8 Å². The average molecular weight is 2010 g/mol. The quantitative estimate of drug-likeness (QED) is 0.0479. The summed E-state index contributed by atoms with van der Waals surface area (Å²) >= 11 is 2.03. The van der Waals surface area contributed by atoms with Gasteiger partial charge in [0.25, 0.3) is 5.69 Å². The van der Waals surface area contributed by atoms with Gasteiger partial charge in [-0.2, -0.15) is 17.0 Å². The lowest BCUT2D eigenvalue weighted by atomic mass is 10.1. The molecule has 0 bridgehead atoms. The van der Waals surface area contributed by atoms with Crippen LogP contribution in [-0.2, 0) is 19.1 Å². The first kappa shape index (κ1) is 128. The van der Waals surface area contributed by atoms with Crippen molar-refractivity contribution < 1.29 is 29.2 Å². The normalized spacial score (nSPS) is 18.6. The number of aromatic hydroxyl groups is 1. The van der Waals surface area contributed by atoms with Gasteiger partial charge in [-0.25, -0.2) is 4.98 Å². The third kappa shape index (κ3) is 57.0. The van der Waals surface area contributed by atoms with Crippen LogP contribution >= 0.6 is 11.8 Å². The summed E-state index contributed by atoms with van der Waals surface area (Å²) in [5.74, 6) is 5.26. The summed E-state index contributed by atoms with van der Waals surface area (Å²) in [6, 6.07) is 48.3. The first-order valence-electron chi connectivity index (χ1n) is 51.5. The number of nitro groups is 1. The first-order valence-corrected chi connectivity index (χ1v) is 52.6. The topological polar surface area (TPSA) is 361 Å². The van der Waals surface area contributed by atoms with E-state index in [1.54, 1.807) is 32.0 Å². The number of carbonyl (C=O) groups is 3. The number of likely N-dealkylation sites (N-methyl/N-ethyl adjacent to an activating group) is 1. The molecule has 14 heterocycles. The maximum atomic E-state index is 11.5. The summed E-state index contributed by atoms with van der Waals surface area (Å²) < 4.78 is 5.01. The molecule has 6 aromatic rings. The molecule has 14 aliphatic rings. The van der Waals surface area contributed by atoms with E-state index in [1.807, 2.05) is 106 Å². The number of phenols is 1. The molecular weight excluding hydrogens is 1820 g/mol. The van der Waals surface area contributed by atoms with Gasteiger partial charge in [0.05, 0.1) is 35.1 Å². The zero-order valence-corrected chi connectivity index (χ0v) is 86.3. The Kier molecular flexibility index (Phi) is 72.5. The van der Waals surface area contributed by atoms with E-state index in [0.29, 0.717) is 23.6 Å². The number of piperidine rings is 1. The van der Waals surface area contributed by atoms with Crippen LogP contribution in [-0.4, -0.2) is 398 Å². The van der Waals surface area contributed by atoms with Gasteiger partial charge in [-0.05, 0) is 151 Å². The average Bonchev–Trinajstić information content (AvgIpc) is 1.26. The second kappa shape index (κ2) is 81.0. The van der Waals surface area contributed by atoms with E-state index < -0.39 is 0 Å². The molecule has 13 saturated heterocycles. The number of nitriles is 1. The van der Waals surface area contributed by atoms with Crippen LogP contribution in [0.1, 0.15) is 106 Å². The number of nitrogens with zero attached hydrogens (tertiary/aromatic N) is 13. The van der Waals surface area contributed by atoms with Gasteiger partial charge in [0.2, 0.25) is 17.7 Å². The number of carbonyl (C=O) groups excluding carboxylic acids is 3. The van der Waals surface area contributed by atoms with Crippen LogP contribution in [0.4, 0.5) is 39.9 Å². The van der Waals surface area contributed by atoms with E-state index in [2.05, 4.69) is 209 Å². The number of hydrogen-bond acceptors (Lipinski definition) is 31. The van der Waals surface area contributed by atoms with E-state index in [4.69, 9.17) is 10.00 Å². The lowest BCUT2D eigenvalue weighted by molar-refractivity contribution is -0.384. The second-order valence-electron chi connectivity index (χ2n) is 36.1. The number of pyridine rings is 1. The van der Waals surface area contributed by atoms with Gasteiger partial charge in [-0.1, -0.05) is 105 Å². The van der Waals surface area contributed by atoms with E-state index in [9.17, 15) is 29.6 Å². The lowest BCUT2D eigenvalue weighted by Crippen LogP contribution is -2.46. The number of amides is 3.